The molecule has 0 fully saturated rings. The van der Waals surface area contributed by atoms with Gasteiger partial charge in [-0.05, 0) is 36.5 Å². The lowest BCUT2D eigenvalue weighted by molar-refractivity contribution is 0.0946. The molecule has 1 heteroatoms. The summed E-state index contributed by atoms with van der Waals surface area (Å²) in [6, 6.07) is 16.2. The Bertz CT molecular complexity index is 598. The molecule has 0 saturated heterocycles. The maximum Gasteiger partial charge on any atom is 0.170 e. The lowest BCUT2D eigenvalue weighted by atomic mass is 9.78. The fourth-order valence-corrected chi connectivity index (χ4v) is 2.87. The fraction of sp³-hybridized carbons (Fsp3) is 0.235. The molecule has 0 saturated carbocycles. The van der Waals surface area contributed by atoms with Crippen LogP contribution >= 0.6 is 0 Å². The standard InChI is InChI=1S/C17H16O/c1-12-6-2-4-8-14(12)16-11-10-13-7-3-5-9-15(13)17(16)18/h2-9,16H,10-11H2,1H3. The SMILES string of the molecule is Cc1ccccc1C1CCc2ccccc2C1=O. The molecule has 90 valence electrons. The summed E-state index contributed by atoms with van der Waals surface area (Å²) in [5.74, 6) is 0.326. The van der Waals surface area contributed by atoms with Crippen LogP contribution in [-0.4, -0.2) is 5.78 Å². The highest BCUT2D eigenvalue weighted by Gasteiger charge is 2.28. The molecular formula is C17H16O. The average Bonchev–Trinajstić information content (AvgIpc) is 2.41. The van der Waals surface area contributed by atoms with Crippen LogP contribution in [0.3, 0.4) is 0 Å². The maximum atomic E-state index is 12.6. The van der Waals surface area contributed by atoms with Crippen molar-refractivity contribution in [2.24, 2.45) is 0 Å². The molecule has 1 atom stereocenters. The second-order valence-electron chi connectivity index (χ2n) is 4.97. The van der Waals surface area contributed by atoms with Gasteiger partial charge in [0.2, 0.25) is 0 Å². The minimum absolute atomic E-state index is 0.0427. The summed E-state index contributed by atoms with van der Waals surface area (Å²) in [7, 11) is 0. The molecule has 1 aliphatic carbocycles. The largest absolute Gasteiger partial charge is 0.293 e. The topological polar surface area (TPSA) is 17.1 Å². The van der Waals surface area contributed by atoms with Gasteiger partial charge < -0.3 is 0 Å². The smallest absolute Gasteiger partial charge is 0.170 e. The van der Waals surface area contributed by atoms with Crippen LogP contribution < -0.4 is 0 Å². The minimum atomic E-state index is 0.0427. The zero-order chi connectivity index (χ0) is 12.5. The Morgan fingerprint density at radius 1 is 1.00 bits per heavy atom. The summed E-state index contributed by atoms with van der Waals surface area (Å²) < 4.78 is 0. The normalized spacial score (nSPS) is 18.5. The maximum absolute atomic E-state index is 12.6. The first-order chi connectivity index (χ1) is 8.77. The Balaban J connectivity index is 2.03. The van der Waals surface area contributed by atoms with E-state index in [1.807, 2.05) is 30.3 Å². The molecule has 18 heavy (non-hydrogen) atoms. The van der Waals surface area contributed by atoms with Gasteiger partial charge in [-0.15, -0.1) is 0 Å². The molecular weight excluding hydrogens is 220 g/mol. The Morgan fingerprint density at radius 3 is 2.56 bits per heavy atom. The summed E-state index contributed by atoms with van der Waals surface area (Å²) in [4.78, 5) is 12.6. The Morgan fingerprint density at radius 2 is 1.72 bits per heavy atom. The van der Waals surface area contributed by atoms with Crippen molar-refractivity contribution in [3.8, 4) is 0 Å². The lowest BCUT2D eigenvalue weighted by Crippen LogP contribution is -2.21. The molecule has 0 N–H and O–H groups in total. The van der Waals surface area contributed by atoms with Crippen LogP contribution in [0.4, 0.5) is 0 Å². The first-order valence-corrected chi connectivity index (χ1v) is 6.45. The number of benzene rings is 2. The van der Waals surface area contributed by atoms with E-state index in [4.69, 9.17) is 0 Å². The number of aryl methyl sites for hydroxylation is 2. The molecule has 1 nitrogen and oxygen atoms in total. The molecule has 0 heterocycles. The number of ketones is 1. The van der Waals surface area contributed by atoms with Crippen molar-refractivity contribution in [1.29, 1.82) is 0 Å². The van der Waals surface area contributed by atoms with Gasteiger partial charge in [0, 0.05) is 11.5 Å². The zero-order valence-corrected chi connectivity index (χ0v) is 10.5. The fourth-order valence-electron chi connectivity index (χ4n) is 2.87. The summed E-state index contributed by atoms with van der Waals surface area (Å²) in [5, 5.41) is 0. The number of Topliss-reactive ketones (excluding diaryl/α,β-unsaturated/α-hetero) is 1. The molecule has 1 unspecified atom stereocenters. The lowest BCUT2D eigenvalue weighted by Gasteiger charge is -2.24. The van der Waals surface area contributed by atoms with Crippen LogP contribution in [0.2, 0.25) is 0 Å². The Kier molecular flexibility index (Phi) is 2.75. The van der Waals surface area contributed by atoms with Gasteiger partial charge in [0.15, 0.2) is 5.78 Å². The second kappa shape index (κ2) is 4.41. The van der Waals surface area contributed by atoms with E-state index in [9.17, 15) is 4.79 Å². The molecule has 0 radical (unpaired) electrons. The first kappa shape index (κ1) is 11.2. The monoisotopic (exact) mass is 236 g/mol. The summed E-state index contributed by atoms with van der Waals surface area (Å²) in [6.45, 7) is 2.09. The van der Waals surface area contributed by atoms with Crippen LogP contribution in [-0.2, 0) is 6.42 Å². The number of carbonyl (C=O) groups is 1. The zero-order valence-electron chi connectivity index (χ0n) is 10.5. The number of carbonyl (C=O) groups excluding carboxylic acids is 1. The van der Waals surface area contributed by atoms with E-state index < -0.39 is 0 Å². The van der Waals surface area contributed by atoms with Crippen molar-refractivity contribution in [1.82, 2.24) is 0 Å². The quantitative estimate of drug-likeness (QED) is 0.733. The summed E-state index contributed by atoms with van der Waals surface area (Å²) >= 11 is 0. The van der Waals surface area contributed by atoms with Crippen LogP contribution in [0.15, 0.2) is 48.5 Å². The van der Waals surface area contributed by atoms with Gasteiger partial charge in [-0.25, -0.2) is 0 Å². The average molecular weight is 236 g/mol. The molecule has 1 aliphatic rings. The molecule has 0 spiro atoms. The van der Waals surface area contributed by atoms with Crippen LogP contribution in [0.1, 0.15) is 39.4 Å². The number of fused-ring (bicyclic) bond motifs is 1. The van der Waals surface area contributed by atoms with E-state index in [0.29, 0.717) is 0 Å². The third kappa shape index (κ3) is 1.76. The van der Waals surface area contributed by atoms with Crippen molar-refractivity contribution in [3.63, 3.8) is 0 Å². The summed E-state index contributed by atoms with van der Waals surface area (Å²) in [6.07, 6.45) is 1.93. The highest BCUT2D eigenvalue weighted by atomic mass is 16.1. The van der Waals surface area contributed by atoms with Gasteiger partial charge in [-0.2, -0.15) is 0 Å². The predicted octanol–water partition coefficient (Wildman–Crippen LogP) is 3.91. The number of hydrogen-bond acceptors (Lipinski definition) is 1. The van der Waals surface area contributed by atoms with E-state index in [1.54, 1.807) is 0 Å². The van der Waals surface area contributed by atoms with E-state index in [0.717, 1.165) is 18.4 Å². The third-order valence-corrected chi connectivity index (χ3v) is 3.87. The molecule has 3 rings (SSSR count). The first-order valence-electron chi connectivity index (χ1n) is 6.45. The van der Waals surface area contributed by atoms with Crippen LogP contribution in [0.5, 0.6) is 0 Å². The Hall–Kier alpha value is -1.89. The third-order valence-electron chi connectivity index (χ3n) is 3.87. The molecule has 2 aromatic rings. The minimum Gasteiger partial charge on any atom is -0.293 e. The Labute approximate surface area is 107 Å². The molecule has 0 bridgehead atoms. The van der Waals surface area contributed by atoms with Crippen molar-refractivity contribution < 1.29 is 4.79 Å². The van der Waals surface area contributed by atoms with Gasteiger partial charge >= 0.3 is 0 Å². The van der Waals surface area contributed by atoms with Gasteiger partial charge in [0.25, 0.3) is 0 Å². The molecule has 0 amide bonds. The van der Waals surface area contributed by atoms with Crippen molar-refractivity contribution >= 4 is 5.78 Å². The van der Waals surface area contributed by atoms with Gasteiger partial charge in [0.05, 0.1) is 0 Å². The van der Waals surface area contributed by atoms with E-state index in [2.05, 4.69) is 25.1 Å². The van der Waals surface area contributed by atoms with E-state index in [1.165, 1.54) is 16.7 Å². The highest BCUT2D eigenvalue weighted by Crippen LogP contribution is 2.33. The van der Waals surface area contributed by atoms with Gasteiger partial charge in [-0.1, -0.05) is 48.5 Å². The van der Waals surface area contributed by atoms with Gasteiger partial charge in [-0.3, -0.25) is 4.79 Å². The number of hydrogen-bond donors (Lipinski definition) is 0. The molecule has 2 aromatic carbocycles. The van der Waals surface area contributed by atoms with E-state index in [-0.39, 0.29) is 11.7 Å². The van der Waals surface area contributed by atoms with Crippen molar-refractivity contribution in [2.45, 2.75) is 25.7 Å². The second-order valence-corrected chi connectivity index (χ2v) is 4.97. The highest BCUT2D eigenvalue weighted by molar-refractivity contribution is 6.03. The number of rotatable bonds is 1. The molecule has 0 aliphatic heterocycles. The van der Waals surface area contributed by atoms with Crippen LogP contribution in [0, 0.1) is 6.92 Å². The van der Waals surface area contributed by atoms with Crippen molar-refractivity contribution in [2.75, 3.05) is 0 Å². The summed E-state index contributed by atoms with van der Waals surface area (Å²) in [5.41, 5.74) is 4.52. The predicted molar refractivity (Wildman–Crippen MR) is 73.0 cm³/mol. The van der Waals surface area contributed by atoms with Crippen LogP contribution in [0.25, 0.3) is 0 Å². The van der Waals surface area contributed by atoms with Crippen molar-refractivity contribution in [3.05, 3.63) is 70.8 Å². The van der Waals surface area contributed by atoms with Gasteiger partial charge in [0.1, 0.15) is 0 Å². The van der Waals surface area contributed by atoms with E-state index >= 15 is 0 Å². The molecule has 0 aromatic heterocycles.